The summed E-state index contributed by atoms with van der Waals surface area (Å²) >= 11 is 0. The molecule has 4 rings (SSSR count). The van der Waals surface area contributed by atoms with Gasteiger partial charge in [0.2, 0.25) is 0 Å². The van der Waals surface area contributed by atoms with Crippen LogP contribution in [-0.2, 0) is 15.9 Å². The minimum absolute atomic E-state index is 0.213. The van der Waals surface area contributed by atoms with Crippen molar-refractivity contribution in [3.05, 3.63) is 53.1 Å². The number of imidazole rings is 1. The summed E-state index contributed by atoms with van der Waals surface area (Å²) in [6.45, 7) is 10.9. The van der Waals surface area contributed by atoms with Gasteiger partial charge in [0.15, 0.2) is 0 Å². The van der Waals surface area contributed by atoms with Crippen molar-refractivity contribution in [1.29, 1.82) is 0 Å². The lowest BCUT2D eigenvalue weighted by molar-refractivity contribution is -0.0418. The molecule has 186 valence electrons. The van der Waals surface area contributed by atoms with Gasteiger partial charge < -0.3 is 24.1 Å². The zero-order valence-corrected chi connectivity index (χ0v) is 21.2. The number of nitrogens with zero attached hydrogens (tertiary/aromatic N) is 4. The largest absolute Gasteiger partial charge is 0.444 e. The van der Waals surface area contributed by atoms with Gasteiger partial charge in [-0.2, -0.15) is 0 Å². The molecule has 1 atom stereocenters. The number of hydrogen-bond acceptors (Lipinski definition) is 6. The first kappa shape index (κ1) is 24.7. The molecule has 4 heterocycles. The van der Waals surface area contributed by atoms with Crippen molar-refractivity contribution < 1.29 is 19.1 Å². The van der Waals surface area contributed by atoms with Crippen molar-refractivity contribution in [2.24, 2.45) is 0 Å². The third-order valence-electron chi connectivity index (χ3n) is 5.92. The molecule has 35 heavy (non-hydrogen) atoms. The number of hydrogen-bond donors (Lipinski definition) is 1. The smallest absolute Gasteiger partial charge is 0.410 e. The number of aryl methyl sites for hydroxylation is 2. The van der Waals surface area contributed by atoms with Gasteiger partial charge in [0.25, 0.3) is 5.91 Å². The number of carbonyl (C=O) groups excluding carboxylic acids is 2. The Labute approximate surface area is 205 Å². The maximum absolute atomic E-state index is 12.6. The Morgan fingerprint density at radius 3 is 2.71 bits per heavy atom. The van der Waals surface area contributed by atoms with Crippen LogP contribution in [0.1, 0.15) is 48.1 Å². The van der Waals surface area contributed by atoms with Gasteiger partial charge in [-0.1, -0.05) is 0 Å². The summed E-state index contributed by atoms with van der Waals surface area (Å²) in [4.78, 5) is 35.7. The normalized spacial score (nSPS) is 16.4. The molecule has 1 N–H and O–H groups in total. The van der Waals surface area contributed by atoms with E-state index in [0.717, 1.165) is 33.7 Å². The number of fused-ring (bicyclic) bond motifs is 1. The van der Waals surface area contributed by atoms with E-state index in [-0.39, 0.29) is 18.1 Å². The fourth-order valence-corrected chi connectivity index (χ4v) is 4.21. The number of aromatic nitrogens is 3. The number of morpholine rings is 1. The summed E-state index contributed by atoms with van der Waals surface area (Å²) in [7, 11) is 1.58. The van der Waals surface area contributed by atoms with Crippen LogP contribution in [0.25, 0.3) is 16.9 Å². The standard InChI is InChI=1S/C26H33N5O4/c1-16-7-8-31-21(13-18-15-30(9-10-34-18)25(33)35-26(3,4)5)23(29-22(31)11-16)19-14-28-20(12-17(19)2)24(32)27-6/h7-8,11-12,14,18H,9-10,13,15H2,1-6H3,(H,27,32)/t18-/m0/s1. The first-order chi connectivity index (χ1) is 16.6. The number of pyridine rings is 2. The van der Waals surface area contributed by atoms with Crippen LogP contribution in [0.3, 0.4) is 0 Å². The van der Waals surface area contributed by atoms with Crippen LogP contribution in [0.2, 0.25) is 0 Å². The molecule has 9 nitrogen and oxygen atoms in total. The number of nitrogens with one attached hydrogen (secondary N) is 1. The minimum atomic E-state index is -0.553. The highest BCUT2D eigenvalue weighted by atomic mass is 16.6. The van der Waals surface area contributed by atoms with E-state index >= 15 is 0 Å². The Hall–Kier alpha value is -3.46. The topological polar surface area (TPSA) is 98.1 Å². The van der Waals surface area contributed by atoms with Crippen LogP contribution in [0, 0.1) is 13.8 Å². The second-order valence-electron chi connectivity index (χ2n) is 9.93. The molecule has 9 heteroatoms. The molecule has 0 aliphatic carbocycles. The first-order valence-electron chi connectivity index (χ1n) is 11.8. The summed E-state index contributed by atoms with van der Waals surface area (Å²) in [5.74, 6) is -0.233. The Kier molecular flexibility index (Phi) is 6.80. The van der Waals surface area contributed by atoms with Crippen LogP contribution in [-0.4, -0.2) is 69.7 Å². The van der Waals surface area contributed by atoms with E-state index in [4.69, 9.17) is 14.5 Å². The van der Waals surface area contributed by atoms with Crippen LogP contribution < -0.4 is 5.32 Å². The van der Waals surface area contributed by atoms with Crippen LogP contribution in [0.4, 0.5) is 4.79 Å². The van der Waals surface area contributed by atoms with Gasteiger partial charge in [-0.25, -0.2) is 9.78 Å². The van der Waals surface area contributed by atoms with E-state index in [1.54, 1.807) is 24.2 Å². The van der Waals surface area contributed by atoms with E-state index in [1.807, 2.05) is 52.9 Å². The Bertz CT molecular complexity index is 1260. The highest BCUT2D eigenvalue weighted by molar-refractivity contribution is 5.92. The predicted molar refractivity (Wildman–Crippen MR) is 133 cm³/mol. The number of rotatable bonds is 4. The van der Waals surface area contributed by atoms with Gasteiger partial charge in [0.05, 0.1) is 30.6 Å². The van der Waals surface area contributed by atoms with Crippen molar-refractivity contribution in [3.8, 4) is 11.3 Å². The van der Waals surface area contributed by atoms with E-state index in [0.29, 0.717) is 31.8 Å². The molecular weight excluding hydrogens is 446 g/mol. The quantitative estimate of drug-likeness (QED) is 0.615. The van der Waals surface area contributed by atoms with Crippen LogP contribution in [0.15, 0.2) is 30.6 Å². The van der Waals surface area contributed by atoms with Crippen molar-refractivity contribution in [3.63, 3.8) is 0 Å². The molecule has 1 fully saturated rings. The molecule has 1 saturated heterocycles. The van der Waals surface area contributed by atoms with Gasteiger partial charge in [-0.05, 0) is 63.9 Å². The molecule has 0 unspecified atom stereocenters. The minimum Gasteiger partial charge on any atom is -0.444 e. The fraction of sp³-hybridized carbons (Fsp3) is 0.462. The summed E-state index contributed by atoms with van der Waals surface area (Å²) in [6.07, 6.45) is 3.72. The molecule has 0 aromatic carbocycles. The van der Waals surface area contributed by atoms with E-state index < -0.39 is 5.60 Å². The highest BCUT2D eigenvalue weighted by Crippen LogP contribution is 2.29. The molecule has 0 radical (unpaired) electrons. The average molecular weight is 480 g/mol. The molecule has 1 aliphatic heterocycles. The zero-order chi connectivity index (χ0) is 25.3. The summed E-state index contributed by atoms with van der Waals surface area (Å²) < 4.78 is 13.7. The summed E-state index contributed by atoms with van der Waals surface area (Å²) in [5, 5.41) is 2.61. The van der Waals surface area contributed by atoms with Crippen molar-refractivity contribution in [1.82, 2.24) is 24.6 Å². The molecule has 1 aliphatic rings. The van der Waals surface area contributed by atoms with E-state index in [1.165, 1.54) is 0 Å². The molecule has 0 spiro atoms. The van der Waals surface area contributed by atoms with Gasteiger partial charge in [0.1, 0.15) is 16.9 Å². The monoisotopic (exact) mass is 479 g/mol. The Morgan fingerprint density at radius 2 is 2.03 bits per heavy atom. The molecule has 3 aromatic heterocycles. The van der Waals surface area contributed by atoms with Crippen molar-refractivity contribution in [2.75, 3.05) is 26.7 Å². The molecule has 0 saturated carbocycles. The van der Waals surface area contributed by atoms with Crippen molar-refractivity contribution in [2.45, 2.75) is 52.7 Å². The predicted octanol–water partition coefficient (Wildman–Crippen LogP) is 3.55. The number of carbonyl (C=O) groups is 2. The Morgan fingerprint density at radius 1 is 1.26 bits per heavy atom. The molecule has 2 amide bonds. The summed E-state index contributed by atoms with van der Waals surface area (Å²) in [5.41, 5.74) is 5.26. The van der Waals surface area contributed by atoms with Crippen LogP contribution in [0.5, 0.6) is 0 Å². The highest BCUT2D eigenvalue weighted by Gasteiger charge is 2.30. The van der Waals surface area contributed by atoms with Gasteiger partial charge >= 0.3 is 6.09 Å². The van der Waals surface area contributed by atoms with Crippen LogP contribution >= 0.6 is 0 Å². The van der Waals surface area contributed by atoms with E-state index in [2.05, 4.69) is 14.7 Å². The Balaban J connectivity index is 1.68. The lowest BCUT2D eigenvalue weighted by Crippen LogP contribution is -2.48. The maximum atomic E-state index is 12.6. The lowest BCUT2D eigenvalue weighted by atomic mass is 10.0. The third-order valence-corrected chi connectivity index (χ3v) is 5.92. The SMILES string of the molecule is CNC(=O)c1cc(C)c(-c2nc3cc(C)ccn3c2C[C@H]2CN(C(=O)OC(C)(C)C)CCO2)cn1. The average Bonchev–Trinajstić information content (AvgIpc) is 3.14. The maximum Gasteiger partial charge on any atom is 0.410 e. The number of ether oxygens (including phenoxy) is 2. The molecule has 0 bridgehead atoms. The van der Waals surface area contributed by atoms with Gasteiger partial charge in [0, 0.05) is 38.0 Å². The zero-order valence-electron chi connectivity index (χ0n) is 21.2. The summed E-state index contributed by atoms with van der Waals surface area (Å²) in [6, 6.07) is 5.84. The second kappa shape index (κ2) is 9.65. The van der Waals surface area contributed by atoms with E-state index in [9.17, 15) is 9.59 Å². The molecular formula is C26H33N5O4. The van der Waals surface area contributed by atoms with Crippen molar-refractivity contribution >= 4 is 17.6 Å². The second-order valence-corrected chi connectivity index (χ2v) is 9.93. The van der Waals surface area contributed by atoms with Gasteiger partial charge in [-0.3, -0.25) is 9.78 Å². The lowest BCUT2D eigenvalue weighted by Gasteiger charge is -2.34. The molecule has 3 aromatic rings. The fourth-order valence-electron chi connectivity index (χ4n) is 4.21. The number of amides is 2. The first-order valence-corrected chi connectivity index (χ1v) is 11.8. The third kappa shape index (κ3) is 5.45. The van der Waals surface area contributed by atoms with Gasteiger partial charge in [-0.15, -0.1) is 0 Å².